The Balaban J connectivity index is 0.000000145. The number of methoxy groups -OCH3 is 2. The lowest BCUT2D eigenvalue weighted by Gasteiger charge is -2.41. The van der Waals surface area contributed by atoms with E-state index in [9.17, 15) is 10.2 Å². The second-order valence-electron chi connectivity index (χ2n) is 21.7. The molecule has 0 aliphatic carbocycles. The molecule has 0 aromatic carbocycles. The normalized spacial score (nSPS) is 44.9. The second-order valence-corrected chi connectivity index (χ2v) is 21.7. The van der Waals surface area contributed by atoms with E-state index in [0.717, 1.165) is 0 Å². The van der Waals surface area contributed by atoms with E-state index in [4.69, 9.17) is 94.7 Å². The zero-order chi connectivity index (χ0) is 51.0. The lowest BCUT2D eigenvalue weighted by Crippen LogP contribution is -2.54. The van der Waals surface area contributed by atoms with E-state index in [-0.39, 0.29) is 144 Å². The van der Waals surface area contributed by atoms with Gasteiger partial charge in [-0.15, -0.1) is 0 Å². The number of hydrogen-bond donors (Lipinski definition) is 2. The van der Waals surface area contributed by atoms with E-state index in [1.165, 1.54) is 0 Å². The van der Waals surface area contributed by atoms with Gasteiger partial charge >= 0.3 is 0 Å². The fraction of sp³-hybridized carbons (Fsp3) is 0.922. The first kappa shape index (κ1) is 63.5. The van der Waals surface area contributed by atoms with Gasteiger partial charge in [0.2, 0.25) is 0 Å². The molecule has 0 spiro atoms. The third kappa shape index (κ3) is 17.2. The number of rotatable bonds is 4. The number of aliphatic hydroxyl groups is 2. The monoisotopic (exact) mass is 1120 g/mol. The number of aliphatic hydroxyl groups excluding tert-OH is 2. The summed E-state index contributed by atoms with van der Waals surface area (Å²) < 4.78 is 108. The molecule has 22 nitrogen and oxygen atoms in total. The molecule has 14 aliphatic heterocycles. The van der Waals surface area contributed by atoms with Crippen molar-refractivity contribution in [2.24, 2.45) is 0 Å². The van der Waals surface area contributed by atoms with Gasteiger partial charge in [-0.3, -0.25) is 0 Å². The minimum atomic E-state index is -0.506. The van der Waals surface area contributed by atoms with E-state index in [2.05, 4.69) is 12.2 Å². The van der Waals surface area contributed by atoms with Crippen LogP contribution in [0.1, 0.15) is 62.8 Å². The van der Waals surface area contributed by atoms with Crippen LogP contribution in [0.4, 0.5) is 0 Å². The molecule has 12 unspecified atom stereocenters. The van der Waals surface area contributed by atoms with Crippen LogP contribution in [0.3, 0.4) is 0 Å². The van der Waals surface area contributed by atoms with Crippen molar-refractivity contribution in [2.75, 3.05) is 93.5 Å². The van der Waals surface area contributed by atoms with Gasteiger partial charge < -0.3 is 105 Å². The maximum absolute atomic E-state index is 9.48. The van der Waals surface area contributed by atoms with Gasteiger partial charge in [-0.25, -0.2) is 0 Å². The summed E-state index contributed by atoms with van der Waals surface area (Å²) in [6, 6.07) is 0. The average molecular weight is 1120 g/mol. The summed E-state index contributed by atoms with van der Waals surface area (Å²) in [6.07, 6.45) is 8.59. The van der Waals surface area contributed by atoms with Gasteiger partial charge in [0.25, 0.3) is 0 Å². The topological polar surface area (TPSA) is 238 Å². The Bertz CT molecular complexity index is 1690. The fourth-order valence-electron chi connectivity index (χ4n) is 9.91. The number of epoxide rings is 4. The standard InChI is InChI=1S/2C9H14O4.2C9H14O3.2C7H12O4.CH4.2H2S/c2*1-9(2)11-4-5-8(13-9)7-6(12-7)3-10-5;2*1-9(2)11-6-8-7(12-9)4-3-5-10-8;2*1-9-2-4-6(8)7-5(11-7)3-10-4;;;/h2*5-8H,3-4H2,1-2H3;2*3-4,7-8H,5-6H2,1-2H3;2*4-8H,2-3H2,1H3;1H4;2*1H2/t5-,6?,7?,8-;;7-,8+;;4-,5+,6-,7+;;;;/m1.0.1..../s1. The van der Waals surface area contributed by atoms with Gasteiger partial charge in [0.15, 0.2) is 23.1 Å². The fourth-order valence-corrected chi connectivity index (χ4v) is 9.91. The zero-order valence-electron chi connectivity index (χ0n) is 44.4. The Morgan fingerprint density at radius 2 is 0.720 bits per heavy atom. The molecular formula is C51H88O22S2. The average Bonchev–Trinajstić information content (AvgIpc) is 4.14. The highest BCUT2D eigenvalue weighted by Crippen LogP contribution is 2.41. The number of hydrogen-bond acceptors (Lipinski definition) is 22. The summed E-state index contributed by atoms with van der Waals surface area (Å²) in [5, 5.41) is 19.0. The van der Waals surface area contributed by atoms with Gasteiger partial charge in [-0.2, -0.15) is 27.0 Å². The van der Waals surface area contributed by atoms with Crippen molar-refractivity contribution in [3.8, 4) is 0 Å². The van der Waals surface area contributed by atoms with Crippen molar-refractivity contribution in [3.63, 3.8) is 0 Å². The van der Waals surface area contributed by atoms with Gasteiger partial charge in [-0.1, -0.05) is 31.7 Å². The Hall–Kier alpha value is -0.700. The summed E-state index contributed by atoms with van der Waals surface area (Å²) >= 11 is 0. The molecule has 24 heteroatoms. The largest absolute Gasteiger partial charge is 0.387 e. The smallest absolute Gasteiger partial charge is 0.163 e. The van der Waals surface area contributed by atoms with E-state index < -0.39 is 35.4 Å². The second kappa shape index (κ2) is 26.9. The molecule has 436 valence electrons. The highest BCUT2D eigenvalue weighted by atomic mass is 32.1. The molecule has 2 N–H and O–H groups in total. The van der Waals surface area contributed by atoms with E-state index in [0.29, 0.717) is 79.3 Å². The van der Waals surface area contributed by atoms with Crippen molar-refractivity contribution in [2.45, 2.75) is 208 Å². The molecule has 0 radical (unpaired) electrons. The highest BCUT2D eigenvalue weighted by molar-refractivity contribution is 7.59. The lowest BCUT2D eigenvalue weighted by atomic mass is 10.0. The van der Waals surface area contributed by atoms with Crippen LogP contribution < -0.4 is 0 Å². The maximum Gasteiger partial charge on any atom is 0.163 e. The van der Waals surface area contributed by atoms with Crippen LogP contribution in [0.2, 0.25) is 0 Å². The minimum absolute atomic E-state index is 0. The lowest BCUT2D eigenvalue weighted by molar-refractivity contribution is -0.316. The third-order valence-electron chi connectivity index (χ3n) is 14.1. The summed E-state index contributed by atoms with van der Waals surface area (Å²) in [6.45, 7) is 22.7. The van der Waals surface area contributed by atoms with Crippen LogP contribution >= 0.6 is 27.0 Å². The highest BCUT2D eigenvalue weighted by Gasteiger charge is 2.58. The zero-order valence-corrected chi connectivity index (χ0v) is 46.4. The summed E-state index contributed by atoms with van der Waals surface area (Å²) in [4.78, 5) is 0. The summed E-state index contributed by atoms with van der Waals surface area (Å²) in [7, 11) is 3.19. The van der Waals surface area contributed by atoms with E-state index in [1.54, 1.807) is 14.2 Å². The van der Waals surface area contributed by atoms with Crippen LogP contribution in [0.5, 0.6) is 0 Å². The Morgan fingerprint density at radius 3 is 1.09 bits per heavy atom. The van der Waals surface area contributed by atoms with Crippen LogP contribution in [-0.4, -0.2) is 249 Å². The molecule has 20 atom stereocenters. The first-order valence-electron chi connectivity index (χ1n) is 25.6. The maximum atomic E-state index is 9.48. The van der Waals surface area contributed by atoms with Crippen LogP contribution in [-0.2, 0) is 94.7 Å². The predicted octanol–water partition coefficient (Wildman–Crippen LogP) is 1.98. The quantitative estimate of drug-likeness (QED) is 0.302. The van der Waals surface area contributed by atoms with Crippen molar-refractivity contribution >= 4 is 27.0 Å². The van der Waals surface area contributed by atoms with Crippen molar-refractivity contribution in [3.05, 3.63) is 24.3 Å². The van der Waals surface area contributed by atoms with Gasteiger partial charge in [0.05, 0.1) is 79.3 Å². The number of fused-ring (bicyclic) bond motifs is 10. The molecule has 0 saturated carbocycles. The van der Waals surface area contributed by atoms with Crippen molar-refractivity contribution < 1.29 is 105 Å². The Morgan fingerprint density at radius 1 is 0.400 bits per heavy atom. The first-order valence-corrected chi connectivity index (χ1v) is 25.6. The molecule has 14 rings (SSSR count). The molecule has 12 saturated heterocycles. The van der Waals surface area contributed by atoms with Crippen molar-refractivity contribution in [1.29, 1.82) is 0 Å². The molecule has 14 heterocycles. The molecule has 0 aromatic heterocycles. The van der Waals surface area contributed by atoms with Gasteiger partial charge in [-0.05, 0) is 55.4 Å². The predicted molar refractivity (Wildman–Crippen MR) is 274 cm³/mol. The molecular weight excluding hydrogens is 1030 g/mol. The molecule has 0 aromatic rings. The van der Waals surface area contributed by atoms with Crippen LogP contribution in [0.25, 0.3) is 0 Å². The van der Waals surface area contributed by atoms with E-state index in [1.807, 2.05) is 67.5 Å². The summed E-state index contributed by atoms with van der Waals surface area (Å²) in [5.74, 6) is -1.91. The Kier molecular flexibility index (Phi) is 22.8. The Labute approximate surface area is 456 Å². The van der Waals surface area contributed by atoms with Gasteiger partial charge in [0.1, 0.15) is 122 Å². The molecule has 14 aliphatic rings. The summed E-state index contributed by atoms with van der Waals surface area (Å²) in [5.41, 5.74) is 0. The molecule has 0 bridgehead atoms. The van der Waals surface area contributed by atoms with Crippen LogP contribution in [0, 0.1) is 0 Å². The SMILES string of the molecule is C.CC1(C)OCC2OCC3OC3C2O1.CC1(C)OCC2OCC=CC2O1.CC1(C)OC[C@H]2OCC3OC3[C@@H]2O1.CC1(C)OC[C@H]2OCC=C[C@@H]2O1.COCC1OCC2OC2C1O.COC[C@H]1OC[C@@H]2O[C@@H]2[C@@H]1O.S.S. The van der Waals surface area contributed by atoms with E-state index >= 15 is 0 Å². The van der Waals surface area contributed by atoms with Crippen LogP contribution in [0.15, 0.2) is 24.3 Å². The van der Waals surface area contributed by atoms with Crippen molar-refractivity contribution in [1.82, 2.24) is 0 Å². The molecule has 75 heavy (non-hydrogen) atoms. The molecule has 0 amide bonds. The minimum Gasteiger partial charge on any atom is -0.387 e. The van der Waals surface area contributed by atoms with Gasteiger partial charge in [0, 0.05) is 14.2 Å². The number of ether oxygens (including phenoxy) is 20. The first-order chi connectivity index (χ1) is 34.3. The third-order valence-corrected chi connectivity index (χ3v) is 14.1. The molecule has 12 fully saturated rings.